The first kappa shape index (κ1) is 18.8. The van der Waals surface area contributed by atoms with Gasteiger partial charge in [0.2, 0.25) is 0 Å². The molecule has 5 nitrogen and oxygen atoms in total. The first-order valence-corrected chi connectivity index (χ1v) is 8.57. The van der Waals surface area contributed by atoms with Gasteiger partial charge in [0.25, 0.3) is 0 Å². The van der Waals surface area contributed by atoms with E-state index in [0.717, 1.165) is 16.9 Å². The lowest BCUT2D eigenvalue weighted by molar-refractivity contribution is 0.154. The summed E-state index contributed by atoms with van der Waals surface area (Å²) in [5.41, 5.74) is 1.82. The smallest absolute Gasteiger partial charge is 0.315 e. The third-order valence-electron chi connectivity index (χ3n) is 3.80. The highest BCUT2D eigenvalue weighted by Crippen LogP contribution is 2.17. The Morgan fingerprint density at radius 3 is 2.64 bits per heavy atom. The summed E-state index contributed by atoms with van der Waals surface area (Å²) < 4.78 is 5.45. The van der Waals surface area contributed by atoms with Crippen molar-refractivity contribution in [2.45, 2.75) is 39.0 Å². The van der Waals surface area contributed by atoms with Crippen LogP contribution in [0.4, 0.5) is 4.79 Å². The molecule has 2 unspecified atom stereocenters. The number of rotatable bonds is 8. The van der Waals surface area contributed by atoms with Gasteiger partial charge in [0, 0.05) is 12.6 Å². The average Bonchev–Trinajstić information content (AvgIpc) is 2.61. The van der Waals surface area contributed by atoms with E-state index >= 15 is 0 Å². The van der Waals surface area contributed by atoms with Crippen molar-refractivity contribution in [1.82, 2.24) is 10.6 Å². The first-order chi connectivity index (χ1) is 12.1. The normalized spacial score (nSPS) is 12.9. The maximum Gasteiger partial charge on any atom is 0.315 e. The largest absolute Gasteiger partial charge is 0.494 e. The topological polar surface area (TPSA) is 70.6 Å². The van der Waals surface area contributed by atoms with Crippen molar-refractivity contribution in [3.8, 4) is 5.75 Å². The Morgan fingerprint density at radius 1 is 1.16 bits per heavy atom. The molecule has 5 heteroatoms. The molecule has 25 heavy (non-hydrogen) atoms. The van der Waals surface area contributed by atoms with Crippen molar-refractivity contribution in [2.75, 3.05) is 6.61 Å². The molecule has 0 bridgehead atoms. The molecule has 0 heterocycles. The SMILES string of the molecule is CCOc1cccc(CNC(=O)NC(C)CC(O)c2ccccc2)c1. The summed E-state index contributed by atoms with van der Waals surface area (Å²) in [4.78, 5) is 12.0. The van der Waals surface area contributed by atoms with Gasteiger partial charge >= 0.3 is 6.03 Å². The Kier molecular flexibility index (Phi) is 7.29. The number of aliphatic hydroxyl groups is 1. The third kappa shape index (κ3) is 6.47. The van der Waals surface area contributed by atoms with Gasteiger partial charge in [0.1, 0.15) is 5.75 Å². The quantitative estimate of drug-likeness (QED) is 0.688. The van der Waals surface area contributed by atoms with Crippen LogP contribution in [0.2, 0.25) is 0 Å². The van der Waals surface area contributed by atoms with Gasteiger partial charge in [-0.1, -0.05) is 42.5 Å². The van der Waals surface area contributed by atoms with E-state index in [1.807, 2.05) is 68.4 Å². The van der Waals surface area contributed by atoms with Gasteiger partial charge < -0.3 is 20.5 Å². The number of aliphatic hydroxyl groups excluding tert-OH is 1. The molecular weight excluding hydrogens is 316 g/mol. The van der Waals surface area contributed by atoms with Crippen LogP contribution in [0.25, 0.3) is 0 Å². The van der Waals surface area contributed by atoms with Crippen LogP contribution in [0.5, 0.6) is 5.75 Å². The number of carbonyl (C=O) groups excluding carboxylic acids is 1. The zero-order chi connectivity index (χ0) is 18.1. The van der Waals surface area contributed by atoms with Gasteiger partial charge in [-0.05, 0) is 43.5 Å². The molecule has 0 saturated heterocycles. The van der Waals surface area contributed by atoms with Crippen molar-refractivity contribution >= 4 is 6.03 Å². The second kappa shape index (κ2) is 9.69. The summed E-state index contributed by atoms with van der Waals surface area (Å²) in [5.74, 6) is 0.793. The number of benzene rings is 2. The Balaban J connectivity index is 1.76. The van der Waals surface area contributed by atoms with E-state index in [1.165, 1.54) is 0 Å². The highest BCUT2D eigenvalue weighted by atomic mass is 16.5. The Morgan fingerprint density at radius 2 is 1.92 bits per heavy atom. The molecule has 0 aliphatic heterocycles. The van der Waals surface area contributed by atoms with Crippen LogP contribution in [0.1, 0.15) is 37.5 Å². The fourth-order valence-corrected chi connectivity index (χ4v) is 2.57. The van der Waals surface area contributed by atoms with Crippen LogP contribution in [-0.2, 0) is 6.54 Å². The first-order valence-electron chi connectivity index (χ1n) is 8.57. The van der Waals surface area contributed by atoms with Gasteiger partial charge in [-0.25, -0.2) is 4.79 Å². The number of urea groups is 1. The number of ether oxygens (including phenoxy) is 1. The summed E-state index contributed by atoms with van der Waals surface area (Å²) in [6.45, 7) is 4.84. The lowest BCUT2D eigenvalue weighted by atomic mass is 10.0. The minimum atomic E-state index is -0.598. The van der Waals surface area contributed by atoms with Crippen LogP contribution >= 0.6 is 0 Å². The van der Waals surface area contributed by atoms with Crippen LogP contribution in [0, 0.1) is 0 Å². The molecule has 2 atom stereocenters. The summed E-state index contributed by atoms with van der Waals surface area (Å²) in [6.07, 6.45) is -0.142. The zero-order valence-corrected chi connectivity index (χ0v) is 14.7. The van der Waals surface area contributed by atoms with Crippen LogP contribution < -0.4 is 15.4 Å². The predicted octanol–water partition coefficient (Wildman–Crippen LogP) is 3.40. The minimum Gasteiger partial charge on any atom is -0.494 e. The average molecular weight is 342 g/mol. The molecule has 3 N–H and O–H groups in total. The molecule has 134 valence electrons. The fraction of sp³-hybridized carbons (Fsp3) is 0.350. The second-order valence-corrected chi connectivity index (χ2v) is 5.97. The maximum atomic E-state index is 12.0. The number of carbonyl (C=O) groups is 1. The Hall–Kier alpha value is -2.53. The molecule has 0 fully saturated rings. The Labute approximate surface area is 149 Å². The molecule has 2 aromatic carbocycles. The van der Waals surface area contributed by atoms with Gasteiger partial charge in [-0.2, -0.15) is 0 Å². The third-order valence-corrected chi connectivity index (χ3v) is 3.80. The van der Waals surface area contributed by atoms with Crippen molar-refractivity contribution in [3.05, 3.63) is 65.7 Å². The van der Waals surface area contributed by atoms with Gasteiger partial charge in [0.15, 0.2) is 0 Å². The monoisotopic (exact) mass is 342 g/mol. The molecule has 2 aromatic rings. The van der Waals surface area contributed by atoms with Crippen molar-refractivity contribution < 1.29 is 14.6 Å². The Bertz CT molecular complexity index is 661. The van der Waals surface area contributed by atoms with Crippen LogP contribution in [0.3, 0.4) is 0 Å². The van der Waals surface area contributed by atoms with Crippen LogP contribution in [0.15, 0.2) is 54.6 Å². The lowest BCUT2D eigenvalue weighted by Crippen LogP contribution is -2.41. The summed E-state index contributed by atoms with van der Waals surface area (Å²) in [6, 6.07) is 16.7. The van der Waals surface area contributed by atoms with E-state index in [4.69, 9.17) is 4.74 Å². The van der Waals surface area contributed by atoms with E-state index in [9.17, 15) is 9.90 Å². The van der Waals surface area contributed by atoms with E-state index in [2.05, 4.69) is 10.6 Å². The zero-order valence-electron chi connectivity index (χ0n) is 14.7. The molecule has 0 aliphatic rings. The molecule has 0 aliphatic carbocycles. The highest BCUT2D eigenvalue weighted by molar-refractivity contribution is 5.74. The lowest BCUT2D eigenvalue weighted by Gasteiger charge is -2.18. The van der Waals surface area contributed by atoms with E-state index in [-0.39, 0.29) is 12.1 Å². The molecule has 0 spiro atoms. The van der Waals surface area contributed by atoms with E-state index < -0.39 is 6.10 Å². The molecule has 0 saturated carbocycles. The molecular formula is C20H26N2O3. The maximum absolute atomic E-state index is 12.0. The summed E-state index contributed by atoms with van der Waals surface area (Å²) in [5, 5.41) is 15.9. The standard InChI is InChI=1S/C20H26N2O3/c1-3-25-18-11-7-8-16(13-18)14-21-20(24)22-15(2)12-19(23)17-9-5-4-6-10-17/h4-11,13,15,19,23H,3,12,14H2,1-2H3,(H2,21,22,24). The number of nitrogens with one attached hydrogen (secondary N) is 2. The number of hydrogen-bond acceptors (Lipinski definition) is 3. The van der Waals surface area contributed by atoms with Gasteiger partial charge in [-0.15, -0.1) is 0 Å². The minimum absolute atomic E-state index is 0.148. The highest BCUT2D eigenvalue weighted by Gasteiger charge is 2.14. The van der Waals surface area contributed by atoms with E-state index in [0.29, 0.717) is 19.6 Å². The summed E-state index contributed by atoms with van der Waals surface area (Å²) in [7, 11) is 0. The predicted molar refractivity (Wildman–Crippen MR) is 98.5 cm³/mol. The fourth-order valence-electron chi connectivity index (χ4n) is 2.57. The molecule has 2 amide bonds. The second-order valence-electron chi connectivity index (χ2n) is 5.97. The van der Waals surface area contributed by atoms with Crippen molar-refractivity contribution in [1.29, 1.82) is 0 Å². The van der Waals surface area contributed by atoms with Crippen molar-refractivity contribution in [2.24, 2.45) is 0 Å². The van der Waals surface area contributed by atoms with Gasteiger partial charge in [0.05, 0.1) is 12.7 Å². The molecule has 0 radical (unpaired) electrons. The summed E-state index contributed by atoms with van der Waals surface area (Å²) >= 11 is 0. The number of hydrogen-bond donors (Lipinski definition) is 3. The van der Waals surface area contributed by atoms with E-state index in [1.54, 1.807) is 0 Å². The molecule has 2 rings (SSSR count). The van der Waals surface area contributed by atoms with Crippen molar-refractivity contribution in [3.63, 3.8) is 0 Å². The van der Waals surface area contributed by atoms with Crippen LogP contribution in [-0.4, -0.2) is 23.8 Å². The number of amides is 2. The molecule has 0 aromatic heterocycles. The van der Waals surface area contributed by atoms with Gasteiger partial charge in [-0.3, -0.25) is 0 Å².